The molecule has 0 spiro atoms. The zero-order valence-electron chi connectivity index (χ0n) is 20.4. The number of nitrogens with one attached hydrogen (secondary N) is 2. The number of benzene rings is 2. The minimum absolute atomic E-state index is 0.0167. The molecule has 1 aliphatic rings. The van der Waals surface area contributed by atoms with Gasteiger partial charge in [-0.1, -0.05) is 74.0 Å². The first kappa shape index (κ1) is 26.2. The van der Waals surface area contributed by atoms with E-state index in [4.69, 9.17) is 4.74 Å². The van der Waals surface area contributed by atoms with Crippen molar-refractivity contribution < 1.29 is 19.1 Å². The van der Waals surface area contributed by atoms with E-state index in [-0.39, 0.29) is 18.4 Å². The fraction of sp³-hybridized carbons (Fsp3) is 0.444. The molecule has 2 N–H and O–H groups in total. The van der Waals surface area contributed by atoms with E-state index in [2.05, 4.69) is 22.5 Å². The molecule has 1 unspecified atom stereocenters. The Morgan fingerprint density at radius 2 is 1.54 bits per heavy atom. The highest BCUT2D eigenvalue weighted by Crippen LogP contribution is 2.10. The molecule has 1 fully saturated rings. The van der Waals surface area contributed by atoms with E-state index in [9.17, 15) is 14.4 Å². The van der Waals surface area contributed by atoms with Gasteiger partial charge in [-0.3, -0.25) is 14.5 Å². The number of rotatable bonds is 11. The summed E-state index contributed by atoms with van der Waals surface area (Å²) in [6.07, 6.45) is 1.77. The monoisotopic (exact) mass is 480 g/mol. The molecule has 0 bridgehead atoms. The molecular formula is C27H36N4O4. The third-order valence-electron chi connectivity index (χ3n) is 5.99. The molecule has 2 aromatic carbocycles. The second-order valence-electron chi connectivity index (χ2n) is 8.75. The van der Waals surface area contributed by atoms with Crippen molar-refractivity contribution in [2.45, 2.75) is 38.8 Å². The number of hydrogen-bond donors (Lipinski definition) is 2. The molecule has 188 valence electrons. The van der Waals surface area contributed by atoms with Gasteiger partial charge in [0.05, 0.1) is 6.54 Å². The van der Waals surface area contributed by atoms with Gasteiger partial charge < -0.3 is 20.3 Å². The van der Waals surface area contributed by atoms with Crippen LogP contribution in [-0.4, -0.2) is 73.0 Å². The Balaban J connectivity index is 1.54. The number of unbranched alkanes of at least 4 members (excludes halogenated alkanes) is 1. The molecule has 1 heterocycles. The number of piperazine rings is 1. The second kappa shape index (κ2) is 14.1. The van der Waals surface area contributed by atoms with Gasteiger partial charge in [-0.25, -0.2) is 4.79 Å². The maximum absolute atomic E-state index is 13.4. The third kappa shape index (κ3) is 9.05. The summed E-state index contributed by atoms with van der Waals surface area (Å²) in [5.74, 6) is -0.124. The molecule has 0 aromatic heterocycles. The van der Waals surface area contributed by atoms with Gasteiger partial charge in [-0.2, -0.15) is 0 Å². The van der Waals surface area contributed by atoms with E-state index in [0.29, 0.717) is 45.7 Å². The fourth-order valence-corrected chi connectivity index (χ4v) is 3.97. The van der Waals surface area contributed by atoms with Crippen molar-refractivity contribution >= 4 is 17.9 Å². The maximum Gasteiger partial charge on any atom is 0.408 e. The first-order chi connectivity index (χ1) is 17.0. The van der Waals surface area contributed by atoms with Gasteiger partial charge in [-0.05, 0) is 17.5 Å². The summed E-state index contributed by atoms with van der Waals surface area (Å²) in [6, 6.07) is 18.3. The lowest BCUT2D eigenvalue weighted by Gasteiger charge is -2.36. The summed E-state index contributed by atoms with van der Waals surface area (Å²) in [4.78, 5) is 41.8. The molecule has 0 radical (unpaired) electrons. The molecule has 1 aliphatic heterocycles. The molecule has 0 saturated carbocycles. The van der Waals surface area contributed by atoms with Crippen molar-refractivity contribution in [2.24, 2.45) is 0 Å². The highest BCUT2D eigenvalue weighted by molar-refractivity contribution is 5.86. The van der Waals surface area contributed by atoms with Gasteiger partial charge >= 0.3 is 6.09 Å². The molecular weight excluding hydrogens is 444 g/mol. The minimum Gasteiger partial charge on any atom is -0.445 e. The van der Waals surface area contributed by atoms with Gasteiger partial charge in [0.2, 0.25) is 11.8 Å². The normalized spacial score (nSPS) is 14.7. The van der Waals surface area contributed by atoms with E-state index < -0.39 is 12.1 Å². The summed E-state index contributed by atoms with van der Waals surface area (Å²) < 4.78 is 5.36. The first-order valence-corrected chi connectivity index (χ1v) is 12.3. The molecule has 0 aliphatic carbocycles. The van der Waals surface area contributed by atoms with Crippen molar-refractivity contribution in [1.82, 2.24) is 20.4 Å². The molecule has 1 saturated heterocycles. The third-order valence-corrected chi connectivity index (χ3v) is 5.99. The van der Waals surface area contributed by atoms with Crippen LogP contribution < -0.4 is 10.6 Å². The highest BCUT2D eigenvalue weighted by atomic mass is 16.5. The van der Waals surface area contributed by atoms with Crippen molar-refractivity contribution in [1.29, 1.82) is 0 Å². The predicted octanol–water partition coefficient (Wildman–Crippen LogP) is 2.58. The summed E-state index contributed by atoms with van der Waals surface area (Å²) in [6.45, 7) is 5.50. The Hall–Kier alpha value is -3.39. The van der Waals surface area contributed by atoms with E-state index in [0.717, 1.165) is 24.0 Å². The SMILES string of the molecule is CCCCNC(=O)CN1CCN(C(=O)C(Cc2ccccc2)NC(=O)OCc2ccccc2)CC1. The smallest absolute Gasteiger partial charge is 0.408 e. The van der Waals surface area contributed by atoms with Crippen molar-refractivity contribution in [2.75, 3.05) is 39.3 Å². The molecule has 8 nitrogen and oxygen atoms in total. The van der Waals surface area contributed by atoms with Crippen molar-refractivity contribution in [3.8, 4) is 0 Å². The lowest BCUT2D eigenvalue weighted by molar-refractivity contribution is -0.135. The van der Waals surface area contributed by atoms with Crippen LogP contribution in [-0.2, 0) is 27.4 Å². The molecule has 3 rings (SSSR count). The number of nitrogens with zero attached hydrogens (tertiary/aromatic N) is 2. The molecule has 2 aromatic rings. The first-order valence-electron chi connectivity index (χ1n) is 12.3. The Kier molecular flexibility index (Phi) is 10.6. The summed E-state index contributed by atoms with van der Waals surface area (Å²) in [5, 5.41) is 5.71. The van der Waals surface area contributed by atoms with E-state index in [1.807, 2.05) is 60.7 Å². The highest BCUT2D eigenvalue weighted by Gasteiger charge is 2.29. The lowest BCUT2D eigenvalue weighted by Crippen LogP contribution is -2.56. The number of alkyl carbamates (subject to hydrolysis) is 1. The quantitative estimate of drug-likeness (QED) is 0.483. The number of ether oxygens (including phenoxy) is 1. The zero-order chi connectivity index (χ0) is 24.9. The maximum atomic E-state index is 13.4. The van der Waals surface area contributed by atoms with E-state index in [1.165, 1.54) is 0 Å². The van der Waals surface area contributed by atoms with Crippen LogP contribution in [0.1, 0.15) is 30.9 Å². The largest absolute Gasteiger partial charge is 0.445 e. The Morgan fingerprint density at radius 3 is 2.17 bits per heavy atom. The van der Waals surface area contributed by atoms with Crippen molar-refractivity contribution in [3.63, 3.8) is 0 Å². The van der Waals surface area contributed by atoms with Crippen LogP contribution in [0.2, 0.25) is 0 Å². The Labute approximate surface area is 207 Å². The topological polar surface area (TPSA) is 91.0 Å². The lowest BCUT2D eigenvalue weighted by atomic mass is 10.0. The fourth-order valence-electron chi connectivity index (χ4n) is 3.97. The number of carbonyl (C=O) groups is 3. The van der Waals surface area contributed by atoms with E-state index in [1.54, 1.807) is 4.90 Å². The van der Waals surface area contributed by atoms with Gasteiger partial charge in [0, 0.05) is 39.1 Å². The van der Waals surface area contributed by atoms with Crippen LogP contribution in [0.25, 0.3) is 0 Å². The summed E-state index contributed by atoms with van der Waals surface area (Å²) >= 11 is 0. The van der Waals surface area contributed by atoms with Crippen LogP contribution in [0.4, 0.5) is 4.79 Å². The number of amides is 3. The van der Waals surface area contributed by atoms with Crippen LogP contribution in [0.3, 0.4) is 0 Å². The summed E-state index contributed by atoms with van der Waals surface area (Å²) in [5.41, 5.74) is 1.83. The zero-order valence-corrected chi connectivity index (χ0v) is 20.4. The Morgan fingerprint density at radius 1 is 0.914 bits per heavy atom. The molecule has 8 heteroatoms. The number of hydrogen-bond acceptors (Lipinski definition) is 5. The van der Waals surface area contributed by atoms with Gasteiger partial charge in [-0.15, -0.1) is 0 Å². The van der Waals surface area contributed by atoms with Crippen LogP contribution in [0.15, 0.2) is 60.7 Å². The number of carbonyl (C=O) groups excluding carboxylic acids is 3. The van der Waals surface area contributed by atoms with Gasteiger partial charge in [0.25, 0.3) is 0 Å². The van der Waals surface area contributed by atoms with Crippen LogP contribution in [0, 0.1) is 0 Å². The summed E-state index contributed by atoms with van der Waals surface area (Å²) in [7, 11) is 0. The standard InChI is InChI=1S/C27H36N4O4/c1-2-3-14-28-25(32)20-30-15-17-31(18-16-30)26(33)24(19-22-10-6-4-7-11-22)29-27(34)35-21-23-12-8-5-9-13-23/h4-13,24H,2-3,14-21H2,1H3,(H,28,32)(H,29,34). The minimum atomic E-state index is -0.732. The van der Waals surface area contributed by atoms with Crippen LogP contribution in [0.5, 0.6) is 0 Å². The Bertz CT molecular complexity index is 931. The second-order valence-corrected chi connectivity index (χ2v) is 8.75. The molecule has 1 atom stereocenters. The van der Waals surface area contributed by atoms with Gasteiger partial charge in [0.1, 0.15) is 12.6 Å². The van der Waals surface area contributed by atoms with E-state index >= 15 is 0 Å². The predicted molar refractivity (Wildman–Crippen MR) is 135 cm³/mol. The van der Waals surface area contributed by atoms with Crippen molar-refractivity contribution in [3.05, 3.63) is 71.8 Å². The molecule has 3 amide bonds. The molecule has 35 heavy (non-hydrogen) atoms. The average Bonchev–Trinajstić information content (AvgIpc) is 2.88. The van der Waals surface area contributed by atoms with Crippen LogP contribution >= 0.6 is 0 Å². The average molecular weight is 481 g/mol. The van der Waals surface area contributed by atoms with Gasteiger partial charge in [0.15, 0.2) is 0 Å².